The molecule has 1 aromatic rings. The highest BCUT2D eigenvalue weighted by Crippen LogP contribution is 2.05. The molecule has 3 N–H and O–H groups in total. The Morgan fingerprint density at radius 1 is 1.47 bits per heavy atom. The van der Waals surface area contributed by atoms with Gasteiger partial charge in [-0.2, -0.15) is 0 Å². The minimum Gasteiger partial charge on any atom is -0.384 e. The van der Waals surface area contributed by atoms with Crippen molar-refractivity contribution < 1.29 is 4.79 Å². The van der Waals surface area contributed by atoms with Gasteiger partial charge in [-0.15, -0.1) is 0 Å². The lowest BCUT2D eigenvalue weighted by molar-refractivity contribution is 0.0877. The van der Waals surface area contributed by atoms with Crippen LogP contribution in [0.4, 0.5) is 5.82 Å². The minimum absolute atomic E-state index is 0.172. The molecule has 0 bridgehead atoms. The lowest BCUT2D eigenvalue weighted by Crippen LogP contribution is -2.54. The fraction of sp³-hybridized carbons (Fsp3) is 0.538. The van der Waals surface area contributed by atoms with Crippen molar-refractivity contribution >= 4 is 11.7 Å². The van der Waals surface area contributed by atoms with Gasteiger partial charge in [-0.05, 0) is 26.2 Å². The minimum atomic E-state index is -0.172. The Labute approximate surface area is 113 Å². The number of likely N-dealkylation sites (N-methyl/N-ethyl adjacent to an activating group) is 2. The number of pyridine rings is 1. The van der Waals surface area contributed by atoms with Crippen LogP contribution in [0.3, 0.4) is 0 Å². The molecule has 2 rings (SSSR count). The molecule has 2 heterocycles. The molecule has 0 spiro atoms. The van der Waals surface area contributed by atoms with E-state index in [1.165, 1.54) is 0 Å². The Hall–Kier alpha value is -1.66. The zero-order valence-corrected chi connectivity index (χ0v) is 11.5. The van der Waals surface area contributed by atoms with Gasteiger partial charge in [0.05, 0.1) is 0 Å². The van der Waals surface area contributed by atoms with Gasteiger partial charge in [-0.3, -0.25) is 9.69 Å². The molecular formula is C13H21N5O. The first-order chi connectivity index (χ1) is 9.06. The number of nitrogens with zero attached hydrogens (tertiary/aromatic N) is 3. The largest absolute Gasteiger partial charge is 0.384 e. The van der Waals surface area contributed by atoms with Crippen molar-refractivity contribution in [3.8, 4) is 0 Å². The van der Waals surface area contributed by atoms with Gasteiger partial charge in [0.15, 0.2) is 0 Å². The molecule has 1 aromatic heterocycles. The summed E-state index contributed by atoms with van der Waals surface area (Å²) in [6.07, 6.45) is 0. The Bertz CT molecular complexity index is 450. The number of piperazine rings is 1. The summed E-state index contributed by atoms with van der Waals surface area (Å²) in [4.78, 5) is 20.5. The number of nitrogens with two attached hydrogens (primary N) is 1. The molecule has 0 aromatic carbocycles. The van der Waals surface area contributed by atoms with Gasteiger partial charge in [-0.25, -0.2) is 4.98 Å². The van der Waals surface area contributed by atoms with Crippen molar-refractivity contribution in [2.24, 2.45) is 0 Å². The van der Waals surface area contributed by atoms with Gasteiger partial charge in [-0.1, -0.05) is 6.07 Å². The molecule has 1 saturated heterocycles. The monoisotopic (exact) mass is 263 g/mol. The van der Waals surface area contributed by atoms with Crippen LogP contribution in [-0.2, 0) is 0 Å². The van der Waals surface area contributed by atoms with Crippen LogP contribution < -0.4 is 11.1 Å². The number of carbonyl (C=O) groups is 1. The highest BCUT2D eigenvalue weighted by atomic mass is 16.1. The van der Waals surface area contributed by atoms with Crippen LogP contribution in [0, 0.1) is 0 Å². The normalized spacial score (nSPS) is 21.3. The second kappa shape index (κ2) is 5.99. The number of hydrogen-bond acceptors (Lipinski definition) is 5. The number of carbonyl (C=O) groups excluding carboxylic acids is 1. The van der Waals surface area contributed by atoms with Gasteiger partial charge in [0.25, 0.3) is 5.91 Å². The van der Waals surface area contributed by atoms with E-state index < -0.39 is 0 Å². The van der Waals surface area contributed by atoms with E-state index in [4.69, 9.17) is 5.73 Å². The van der Waals surface area contributed by atoms with E-state index in [0.717, 1.165) is 19.6 Å². The van der Waals surface area contributed by atoms with Crippen LogP contribution in [0.1, 0.15) is 10.5 Å². The van der Waals surface area contributed by atoms with Gasteiger partial charge in [0, 0.05) is 32.2 Å². The first kappa shape index (κ1) is 13.8. The summed E-state index contributed by atoms with van der Waals surface area (Å²) in [7, 11) is 4.18. The van der Waals surface area contributed by atoms with E-state index in [1.807, 2.05) is 0 Å². The molecule has 0 aliphatic carbocycles. The molecule has 104 valence electrons. The van der Waals surface area contributed by atoms with E-state index in [-0.39, 0.29) is 5.91 Å². The lowest BCUT2D eigenvalue weighted by Gasteiger charge is -2.37. The van der Waals surface area contributed by atoms with Crippen molar-refractivity contribution in [2.45, 2.75) is 6.04 Å². The summed E-state index contributed by atoms with van der Waals surface area (Å²) in [6, 6.07) is 5.41. The van der Waals surface area contributed by atoms with Crippen LogP contribution in [-0.4, -0.2) is 67.0 Å². The molecule has 6 nitrogen and oxygen atoms in total. The van der Waals surface area contributed by atoms with Gasteiger partial charge in [0.1, 0.15) is 11.5 Å². The molecule has 6 heteroatoms. The number of anilines is 1. The lowest BCUT2D eigenvalue weighted by atomic mass is 10.2. The maximum atomic E-state index is 12.0. The van der Waals surface area contributed by atoms with Gasteiger partial charge < -0.3 is 16.0 Å². The Morgan fingerprint density at radius 3 is 3.00 bits per heavy atom. The number of hydrogen-bond donors (Lipinski definition) is 2. The Morgan fingerprint density at radius 2 is 2.26 bits per heavy atom. The number of nitrogens with one attached hydrogen (secondary N) is 1. The predicted octanol–water partition coefficient (Wildman–Crippen LogP) is -0.361. The van der Waals surface area contributed by atoms with Crippen molar-refractivity contribution in [3.05, 3.63) is 23.9 Å². The molecule has 1 aliphatic heterocycles. The zero-order valence-electron chi connectivity index (χ0n) is 11.5. The fourth-order valence-corrected chi connectivity index (χ4v) is 2.20. The first-order valence-corrected chi connectivity index (χ1v) is 6.46. The second-order valence-electron chi connectivity index (χ2n) is 5.05. The SMILES string of the molecule is CN1CCN(C)[C@H](CNC(=O)c2cccc(N)n2)C1. The number of amides is 1. The maximum absolute atomic E-state index is 12.0. The molecule has 19 heavy (non-hydrogen) atoms. The molecular weight excluding hydrogens is 242 g/mol. The van der Waals surface area contributed by atoms with Crippen molar-refractivity contribution in [1.82, 2.24) is 20.1 Å². The van der Waals surface area contributed by atoms with Crippen LogP contribution in [0.25, 0.3) is 0 Å². The van der Waals surface area contributed by atoms with Crippen molar-refractivity contribution in [2.75, 3.05) is 46.0 Å². The first-order valence-electron chi connectivity index (χ1n) is 6.46. The van der Waals surface area contributed by atoms with Crippen molar-refractivity contribution in [3.63, 3.8) is 0 Å². The average Bonchev–Trinajstić information content (AvgIpc) is 2.39. The molecule has 0 saturated carbocycles. The van der Waals surface area contributed by atoms with E-state index in [0.29, 0.717) is 24.1 Å². The zero-order chi connectivity index (χ0) is 13.8. The van der Waals surface area contributed by atoms with Crippen LogP contribution >= 0.6 is 0 Å². The van der Waals surface area contributed by atoms with Crippen LogP contribution in [0.2, 0.25) is 0 Å². The standard InChI is InChI=1S/C13H21N5O/c1-17-6-7-18(2)10(9-17)8-15-13(19)11-4-3-5-12(14)16-11/h3-5,10H,6-9H2,1-2H3,(H2,14,16)(H,15,19)/t10-/m1/s1. The molecule has 0 unspecified atom stereocenters. The third kappa shape index (κ3) is 3.65. The van der Waals surface area contributed by atoms with E-state index in [9.17, 15) is 4.79 Å². The number of nitrogen functional groups attached to an aromatic ring is 1. The fourth-order valence-electron chi connectivity index (χ4n) is 2.20. The number of aromatic nitrogens is 1. The smallest absolute Gasteiger partial charge is 0.270 e. The maximum Gasteiger partial charge on any atom is 0.270 e. The average molecular weight is 263 g/mol. The third-order valence-corrected chi connectivity index (χ3v) is 3.48. The van der Waals surface area contributed by atoms with Gasteiger partial charge in [0.2, 0.25) is 0 Å². The summed E-state index contributed by atoms with van der Waals surface area (Å²) in [5.74, 6) is 0.191. The number of rotatable bonds is 3. The topological polar surface area (TPSA) is 74.5 Å². The Balaban J connectivity index is 1.89. The second-order valence-corrected chi connectivity index (χ2v) is 5.05. The summed E-state index contributed by atoms with van der Waals surface area (Å²) in [5.41, 5.74) is 5.94. The van der Waals surface area contributed by atoms with Crippen LogP contribution in [0.5, 0.6) is 0 Å². The molecule has 1 aliphatic rings. The van der Waals surface area contributed by atoms with Crippen LogP contribution in [0.15, 0.2) is 18.2 Å². The third-order valence-electron chi connectivity index (χ3n) is 3.48. The summed E-state index contributed by atoms with van der Waals surface area (Å²) >= 11 is 0. The van der Waals surface area contributed by atoms with Gasteiger partial charge >= 0.3 is 0 Å². The van der Waals surface area contributed by atoms with E-state index in [2.05, 4.69) is 34.2 Å². The van der Waals surface area contributed by atoms with E-state index >= 15 is 0 Å². The predicted molar refractivity (Wildman–Crippen MR) is 74.9 cm³/mol. The molecule has 0 radical (unpaired) electrons. The summed E-state index contributed by atoms with van der Waals surface area (Å²) in [6.45, 7) is 3.67. The Kier molecular flexibility index (Phi) is 4.34. The quantitative estimate of drug-likeness (QED) is 0.779. The summed E-state index contributed by atoms with van der Waals surface area (Å²) in [5, 5.41) is 2.92. The molecule has 1 atom stereocenters. The highest BCUT2D eigenvalue weighted by Gasteiger charge is 2.22. The molecule has 1 fully saturated rings. The molecule has 1 amide bonds. The summed E-state index contributed by atoms with van der Waals surface area (Å²) < 4.78 is 0. The van der Waals surface area contributed by atoms with E-state index in [1.54, 1.807) is 18.2 Å². The highest BCUT2D eigenvalue weighted by molar-refractivity contribution is 5.92. The van der Waals surface area contributed by atoms with Crippen molar-refractivity contribution in [1.29, 1.82) is 0 Å².